The molecule has 0 saturated heterocycles. The lowest BCUT2D eigenvalue weighted by molar-refractivity contribution is 0.0599. The summed E-state index contributed by atoms with van der Waals surface area (Å²) in [5.74, 6) is 2.20. The second kappa shape index (κ2) is 11.5. The number of carbonyl (C=O) groups is 1. The van der Waals surface area contributed by atoms with Crippen LogP contribution in [0.4, 0.5) is 0 Å². The number of halogens is 1. The van der Waals surface area contributed by atoms with E-state index in [1.165, 1.54) is 7.11 Å². The van der Waals surface area contributed by atoms with Crippen LogP contribution in [0.1, 0.15) is 34.4 Å². The second-order valence-corrected chi connectivity index (χ2v) is 5.53. The zero-order chi connectivity index (χ0) is 18.9. The maximum Gasteiger partial charge on any atom is 0.341 e. The number of ether oxygens (including phenoxy) is 2. The van der Waals surface area contributed by atoms with Gasteiger partial charge in [0.2, 0.25) is 0 Å². The highest BCUT2D eigenvalue weighted by Crippen LogP contribution is 2.18. The molecule has 0 atom stereocenters. The van der Waals surface area contributed by atoms with Crippen molar-refractivity contribution in [1.82, 2.24) is 10.6 Å². The minimum Gasteiger partial charge on any atom is -0.496 e. The van der Waals surface area contributed by atoms with Crippen molar-refractivity contribution in [2.75, 3.05) is 20.8 Å². The third-order valence-corrected chi connectivity index (χ3v) is 3.75. The van der Waals surface area contributed by atoms with Crippen LogP contribution in [0.15, 0.2) is 39.7 Å². The lowest BCUT2D eigenvalue weighted by Gasteiger charge is -2.11. The van der Waals surface area contributed by atoms with Crippen LogP contribution >= 0.6 is 24.0 Å². The molecule has 1 aromatic carbocycles. The van der Waals surface area contributed by atoms with Gasteiger partial charge in [0, 0.05) is 12.1 Å². The zero-order valence-electron chi connectivity index (χ0n) is 16.0. The molecule has 0 spiro atoms. The van der Waals surface area contributed by atoms with Crippen molar-refractivity contribution >= 4 is 35.9 Å². The first-order valence-corrected chi connectivity index (χ1v) is 8.40. The fourth-order valence-corrected chi connectivity index (χ4v) is 2.45. The molecular formula is C19H26IN3O4. The Bertz CT molecular complexity index is 774. The van der Waals surface area contributed by atoms with Gasteiger partial charge in [-0.2, -0.15) is 0 Å². The summed E-state index contributed by atoms with van der Waals surface area (Å²) in [5.41, 5.74) is 1.43. The molecule has 0 amide bonds. The molecule has 0 bridgehead atoms. The summed E-state index contributed by atoms with van der Waals surface area (Å²) in [4.78, 5) is 16.2. The lowest BCUT2D eigenvalue weighted by atomic mass is 10.2. The molecule has 0 aliphatic heterocycles. The minimum atomic E-state index is -0.408. The molecule has 0 fully saturated rings. The van der Waals surface area contributed by atoms with Crippen LogP contribution in [0.3, 0.4) is 0 Å². The summed E-state index contributed by atoms with van der Waals surface area (Å²) in [6.07, 6.45) is 0. The SMILES string of the molecule is CCNC(=NCc1ccccc1OC)NCc1cc(C(=O)OC)c(C)o1.I. The van der Waals surface area contributed by atoms with E-state index in [9.17, 15) is 4.79 Å². The average Bonchev–Trinajstić information content (AvgIpc) is 3.04. The normalized spacial score (nSPS) is 10.7. The number of hydrogen-bond donors (Lipinski definition) is 2. The molecule has 1 heterocycles. The standard InChI is InChI=1S/C19H25N3O4.HI/c1-5-20-19(21-11-14-8-6-7-9-17(14)24-3)22-12-15-10-16(13(2)26-15)18(23)25-4;/h6-10H,5,11-12H2,1-4H3,(H2,20,21,22);1H. The summed E-state index contributed by atoms with van der Waals surface area (Å²) >= 11 is 0. The number of nitrogens with zero attached hydrogens (tertiary/aromatic N) is 1. The molecule has 0 unspecified atom stereocenters. The molecule has 2 rings (SSSR count). The smallest absolute Gasteiger partial charge is 0.341 e. The Kier molecular flexibility index (Phi) is 9.70. The molecule has 0 aliphatic carbocycles. The van der Waals surface area contributed by atoms with Gasteiger partial charge in [0.05, 0.1) is 27.3 Å². The Labute approximate surface area is 176 Å². The van der Waals surface area contributed by atoms with Gasteiger partial charge in [-0.1, -0.05) is 18.2 Å². The van der Waals surface area contributed by atoms with Crippen LogP contribution in [0, 0.1) is 6.92 Å². The van der Waals surface area contributed by atoms with Gasteiger partial charge >= 0.3 is 5.97 Å². The molecule has 27 heavy (non-hydrogen) atoms. The lowest BCUT2D eigenvalue weighted by Crippen LogP contribution is -2.36. The predicted octanol–water partition coefficient (Wildman–Crippen LogP) is 3.26. The summed E-state index contributed by atoms with van der Waals surface area (Å²) in [7, 11) is 2.99. The number of methoxy groups -OCH3 is 2. The number of guanidine groups is 1. The zero-order valence-corrected chi connectivity index (χ0v) is 18.3. The van der Waals surface area contributed by atoms with Gasteiger partial charge in [0.15, 0.2) is 5.96 Å². The van der Waals surface area contributed by atoms with Crippen molar-refractivity contribution in [3.8, 4) is 5.75 Å². The van der Waals surface area contributed by atoms with Crippen molar-refractivity contribution in [3.63, 3.8) is 0 Å². The largest absolute Gasteiger partial charge is 0.496 e. The molecule has 0 aliphatic rings. The van der Waals surface area contributed by atoms with Crippen LogP contribution in [0.25, 0.3) is 0 Å². The molecule has 0 saturated carbocycles. The van der Waals surface area contributed by atoms with E-state index in [1.54, 1.807) is 20.1 Å². The number of rotatable bonds is 7. The molecule has 1 aromatic heterocycles. The van der Waals surface area contributed by atoms with Crippen molar-refractivity contribution in [3.05, 3.63) is 53.0 Å². The number of furan rings is 1. The topological polar surface area (TPSA) is 85.1 Å². The van der Waals surface area contributed by atoms with Crippen LogP contribution in [0.2, 0.25) is 0 Å². The van der Waals surface area contributed by atoms with E-state index in [0.717, 1.165) is 17.9 Å². The Balaban J connectivity index is 0.00000364. The van der Waals surface area contributed by atoms with E-state index >= 15 is 0 Å². The average molecular weight is 487 g/mol. The third kappa shape index (κ3) is 6.46. The van der Waals surface area contributed by atoms with E-state index in [4.69, 9.17) is 13.9 Å². The Morgan fingerprint density at radius 1 is 1.22 bits per heavy atom. The van der Waals surface area contributed by atoms with Gasteiger partial charge in [0.1, 0.15) is 22.8 Å². The Morgan fingerprint density at radius 3 is 2.63 bits per heavy atom. The monoisotopic (exact) mass is 487 g/mol. The Morgan fingerprint density at radius 2 is 1.96 bits per heavy atom. The number of carbonyl (C=O) groups excluding carboxylic acids is 1. The molecule has 7 nitrogen and oxygen atoms in total. The van der Waals surface area contributed by atoms with Gasteiger partial charge in [-0.25, -0.2) is 9.79 Å². The van der Waals surface area contributed by atoms with Crippen LogP contribution < -0.4 is 15.4 Å². The number of esters is 1. The highest BCUT2D eigenvalue weighted by molar-refractivity contribution is 14.0. The van der Waals surface area contributed by atoms with Crippen LogP contribution in [-0.2, 0) is 17.8 Å². The quantitative estimate of drug-likeness (QED) is 0.270. The van der Waals surface area contributed by atoms with Crippen molar-refractivity contribution < 1.29 is 18.7 Å². The molecular weight excluding hydrogens is 461 g/mol. The van der Waals surface area contributed by atoms with Crippen LogP contribution in [-0.4, -0.2) is 32.7 Å². The fraction of sp³-hybridized carbons (Fsp3) is 0.368. The minimum absolute atomic E-state index is 0. The molecule has 2 aromatic rings. The third-order valence-electron chi connectivity index (χ3n) is 3.75. The number of hydrogen-bond acceptors (Lipinski definition) is 5. The summed E-state index contributed by atoms with van der Waals surface area (Å²) < 4.78 is 15.7. The number of aryl methyl sites for hydroxylation is 1. The van der Waals surface area contributed by atoms with Crippen molar-refractivity contribution in [1.29, 1.82) is 0 Å². The number of nitrogens with one attached hydrogen (secondary N) is 2. The fourth-order valence-electron chi connectivity index (χ4n) is 2.45. The van der Waals surface area contributed by atoms with Gasteiger partial charge in [-0.15, -0.1) is 24.0 Å². The predicted molar refractivity (Wildman–Crippen MR) is 115 cm³/mol. The highest BCUT2D eigenvalue weighted by Gasteiger charge is 2.15. The van der Waals surface area contributed by atoms with E-state index in [2.05, 4.69) is 15.6 Å². The van der Waals surface area contributed by atoms with Gasteiger partial charge in [-0.05, 0) is 26.0 Å². The number of para-hydroxylation sites is 1. The highest BCUT2D eigenvalue weighted by atomic mass is 127. The Hall–Kier alpha value is -2.23. The molecule has 0 radical (unpaired) electrons. The molecule has 2 N–H and O–H groups in total. The summed E-state index contributed by atoms with van der Waals surface area (Å²) in [6.45, 7) is 5.32. The maximum absolute atomic E-state index is 11.7. The number of aliphatic imine (C=N–C) groups is 1. The van der Waals surface area contributed by atoms with E-state index in [0.29, 0.717) is 36.1 Å². The number of benzene rings is 1. The van der Waals surface area contributed by atoms with Gasteiger partial charge in [0.25, 0.3) is 0 Å². The maximum atomic E-state index is 11.7. The van der Waals surface area contributed by atoms with Crippen LogP contribution in [0.5, 0.6) is 5.75 Å². The first-order chi connectivity index (χ1) is 12.6. The van der Waals surface area contributed by atoms with E-state index in [-0.39, 0.29) is 24.0 Å². The van der Waals surface area contributed by atoms with E-state index < -0.39 is 5.97 Å². The van der Waals surface area contributed by atoms with E-state index in [1.807, 2.05) is 31.2 Å². The first kappa shape index (κ1) is 22.8. The van der Waals surface area contributed by atoms with Crippen molar-refractivity contribution in [2.24, 2.45) is 4.99 Å². The molecule has 148 valence electrons. The second-order valence-electron chi connectivity index (χ2n) is 5.53. The molecule has 8 heteroatoms. The summed E-state index contributed by atoms with van der Waals surface area (Å²) in [5, 5.41) is 6.38. The van der Waals surface area contributed by atoms with Gasteiger partial charge in [-0.3, -0.25) is 0 Å². The summed E-state index contributed by atoms with van der Waals surface area (Å²) in [6, 6.07) is 9.44. The van der Waals surface area contributed by atoms with Gasteiger partial charge < -0.3 is 24.5 Å². The van der Waals surface area contributed by atoms with Crippen molar-refractivity contribution in [2.45, 2.75) is 26.9 Å². The first-order valence-electron chi connectivity index (χ1n) is 8.40.